The zero-order valence-electron chi connectivity index (χ0n) is 9.46. The molecule has 1 heterocycles. The molecule has 0 amide bonds. The molecule has 0 saturated carbocycles. The number of carboxylic acid groups (broad SMARTS) is 1. The molecule has 1 atom stereocenters. The van der Waals surface area contributed by atoms with Crippen LogP contribution in [0.4, 0.5) is 17.6 Å². The molecule has 0 spiro atoms. The maximum atomic E-state index is 13.2. The standard InChI is InChI=1S/C10H8ClF4NO3/c1-9(12,10(13,14)15)4-19-7-6(11)2-5(3-16-7)8(17)18/h2-3H,4H2,1H3,(H,17,18). The normalized spacial score (nSPS) is 14.8. The molecular formula is C10H8ClF4NO3. The Bertz CT molecular complexity index is 490. The quantitative estimate of drug-likeness (QED) is 0.868. The average molecular weight is 302 g/mol. The monoisotopic (exact) mass is 301 g/mol. The van der Waals surface area contributed by atoms with Crippen LogP contribution in [0, 0.1) is 0 Å². The summed E-state index contributed by atoms with van der Waals surface area (Å²) in [5.41, 5.74) is -3.83. The van der Waals surface area contributed by atoms with E-state index in [1.54, 1.807) is 0 Å². The summed E-state index contributed by atoms with van der Waals surface area (Å²) >= 11 is 5.56. The van der Waals surface area contributed by atoms with Gasteiger partial charge in [0.1, 0.15) is 11.6 Å². The number of carbonyl (C=O) groups is 1. The Hall–Kier alpha value is -1.57. The lowest BCUT2D eigenvalue weighted by molar-refractivity contribution is -0.231. The SMILES string of the molecule is CC(F)(COc1ncc(C(=O)O)cc1Cl)C(F)(F)F. The first-order valence-electron chi connectivity index (χ1n) is 4.82. The topological polar surface area (TPSA) is 59.4 Å². The Morgan fingerprint density at radius 2 is 2.05 bits per heavy atom. The average Bonchev–Trinajstić information content (AvgIpc) is 2.25. The van der Waals surface area contributed by atoms with Gasteiger partial charge in [-0.25, -0.2) is 14.2 Å². The third-order valence-corrected chi connectivity index (χ3v) is 2.40. The van der Waals surface area contributed by atoms with Crippen LogP contribution in [0.25, 0.3) is 0 Å². The molecule has 19 heavy (non-hydrogen) atoms. The van der Waals surface area contributed by atoms with Crippen molar-refractivity contribution in [2.45, 2.75) is 18.8 Å². The lowest BCUT2D eigenvalue weighted by Gasteiger charge is -2.23. The van der Waals surface area contributed by atoms with Crippen LogP contribution in [-0.4, -0.2) is 34.5 Å². The predicted octanol–water partition coefficient (Wildman–Crippen LogP) is 3.10. The van der Waals surface area contributed by atoms with E-state index in [0.717, 1.165) is 12.3 Å². The van der Waals surface area contributed by atoms with Crippen molar-refractivity contribution in [3.8, 4) is 5.88 Å². The molecule has 1 aromatic heterocycles. The van der Waals surface area contributed by atoms with E-state index < -0.39 is 30.3 Å². The van der Waals surface area contributed by atoms with E-state index >= 15 is 0 Å². The summed E-state index contributed by atoms with van der Waals surface area (Å²) < 4.78 is 54.4. The second-order valence-corrected chi connectivity index (χ2v) is 4.21. The maximum Gasteiger partial charge on any atom is 0.425 e. The van der Waals surface area contributed by atoms with Crippen molar-refractivity contribution in [3.63, 3.8) is 0 Å². The Balaban J connectivity index is 2.82. The van der Waals surface area contributed by atoms with Crippen molar-refractivity contribution >= 4 is 17.6 Å². The minimum atomic E-state index is -5.10. The highest BCUT2D eigenvalue weighted by Gasteiger charge is 2.53. The van der Waals surface area contributed by atoms with E-state index in [2.05, 4.69) is 9.72 Å². The molecule has 4 nitrogen and oxygen atoms in total. The third-order valence-electron chi connectivity index (χ3n) is 2.13. The highest BCUT2D eigenvalue weighted by molar-refractivity contribution is 6.32. The molecule has 0 aliphatic heterocycles. The van der Waals surface area contributed by atoms with Crippen LogP contribution in [-0.2, 0) is 0 Å². The van der Waals surface area contributed by atoms with Crippen molar-refractivity contribution in [1.29, 1.82) is 0 Å². The van der Waals surface area contributed by atoms with E-state index in [1.165, 1.54) is 0 Å². The first-order valence-corrected chi connectivity index (χ1v) is 5.19. The molecule has 1 unspecified atom stereocenters. The number of halogens is 5. The summed E-state index contributed by atoms with van der Waals surface area (Å²) in [6, 6.07) is 0.940. The number of aromatic carboxylic acids is 1. The van der Waals surface area contributed by atoms with Crippen LogP contribution < -0.4 is 4.74 Å². The molecule has 106 valence electrons. The molecule has 9 heteroatoms. The summed E-state index contributed by atoms with van der Waals surface area (Å²) in [7, 11) is 0. The maximum absolute atomic E-state index is 13.2. The van der Waals surface area contributed by atoms with Crippen LogP contribution in [0.15, 0.2) is 12.3 Å². The molecule has 0 aliphatic rings. The number of nitrogens with zero attached hydrogens (tertiary/aromatic N) is 1. The van der Waals surface area contributed by atoms with Crippen molar-refractivity contribution in [1.82, 2.24) is 4.98 Å². The molecule has 0 aromatic carbocycles. The number of hydrogen-bond donors (Lipinski definition) is 1. The number of rotatable bonds is 4. The first kappa shape index (κ1) is 15.5. The molecule has 1 N–H and O–H groups in total. The number of aromatic nitrogens is 1. The first-order chi connectivity index (χ1) is 8.54. The fraction of sp³-hybridized carbons (Fsp3) is 0.400. The Morgan fingerprint density at radius 3 is 2.47 bits per heavy atom. The van der Waals surface area contributed by atoms with Crippen LogP contribution in [0.1, 0.15) is 17.3 Å². The Morgan fingerprint density at radius 1 is 1.47 bits per heavy atom. The van der Waals surface area contributed by atoms with Gasteiger partial charge in [0.15, 0.2) is 0 Å². The van der Waals surface area contributed by atoms with Crippen LogP contribution in [0.2, 0.25) is 5.02 Å². The molecule has 0 fully saturated rings. The summed E-state index contributed by atoms with van der Waals surface area (Å²) in [5.74, 6) is -1.79. The van der Waals surface area contributed by atoms with Crippen LogP contribution in [0.3, 0.4) is 0 Å². The van der Waals surface area contributed by atoms with E-state index in [9.17, 15) is 22.4 Å². The zero-order chi connectivity index (χ0) is 14.8. The minimum Gasteiger partial charge on any atom is -0.478 e. The molecule has 1 rings (SSSR count). The summed E-state index contributed by atoms with van der Waals surface area (Å²) in [4.78, 5) is 14.0. The highest BCUT2D eigenvalue weighted by Crippen LogP contribution is 2.34. The van der Waals surface area contributed by atoms with Gasteiger partial charge >= 0.3 is 12.1 Å². The number of hydrogen-bond acceptors (Lipinski definition) is 3. The Kier molecular flexibility index (Phi) is 4.24. The van der Waals surface area contributed by atoms with Crippen molar-refractivity contribution in [2.24, 2.45) is 0 Å². The second kappa shape index (κ2) is 5.20. The number of pyridine rings is 1. The van der Waals surface area contributed by atoms with Gasteiger partial charge in [0, 0.05) is 6.20 Å². The summed E-state index contributed by atoms with van der Waals surface area (Å²) in [6.07, 6.45) is -4.26. The summed E-state index contributed by atoms with van der Waals surface area (Å²) in [6.45, 7) is -1.03. The fourth-order valence-electron chi connectivity index (χ4n) is 0.934. The zero-order valence-corrected chi connectivity index (χ0v) is 10.2. The number of carboxylic acids is 1. The molecule has 1 aromatic rings. The van der Waals surface area contributed by atoms with E-state index in [0.29, 0.717) is 6.92 Å². The van der Waals surface area contributed by atoms with Crippen molar-refractivity contribution in [3.05, 3.63) is 22.8 Å². The fourth-order valence-corrected chi connectivity index (χ4v) is 1.16. The summed E-state index contributed by atoms with van der Waals surface area (Å²) in [5, 5.41) is 8.30. The van der Waals surface area contributed by atoms with E-state index in [4.69, 9.17) is 16.7 Å². The van der Waals surface area contributed by atoms with Gasteiger partial charge in [-0.05, 0) is 13.0 Å². The van der Waals surface area contributed by atoms with Crippen molar-refractivity contribution < 1.29 is 32.2 Å². The van der Waals surface area contributed by atoms with Gasteiger partial charge in [-0.15, -0.1) is 0 Å². The van der Waals surface area contributed by atoms with E-state index in [1.807, 2.05) is 0 Å². The van der Waals surface area contributed by atoms with Gasteiger partial charge in [-0.2, -0.15) is 13.2 Å². The number of ether oxygens (including phenoxy) is 1. The van der Waals surface area contributed by atoms with Gasteiger partial charge in [-0.1, -0.05) is 11.6 Å². The minimum absolute atomic E-state index is 0.267. The molecule has 0 saturated heterocycles. The van der Waals surface area contributed by atoms with E-state index in [-0.39, 0.29) is 10.6 Å². The van der Waals surface area contributed by atoms with Gasteiger partial charge in [0.2, 0.25) is 11.5 Å². The van der Waals surface area contributed by atoms with Gasteiger partial charge in [0.25, 0.3) is 0 Å². The lowest BCUT2D eigenvalue weighted by Crippen LogP contribution is -2.43. The van der Waals surface area contributed by atoms with Gasteiger partial charge in [-0.3, -0.25) is 0 Å². The van der Waals surface area contributed by atoms with Crippen LogP contribution >= 0.6 is 11.6 Å². The third kappa shape index (κ3) is 3.69. The molecular weight excluding hydrogens is 294 g/mol. The highest BCUT2D eigenvalue weighted by atomic mass is 35.5. The van der Waals surface area contributed by atoms with Gasteiger partial charge < -0.3 is 9.84 Å². The largest absolute Gasteiger partial charge is 0.478 e. The van der Waals surface area contributed by atoms with Crippen molar-refractivity contribution in [2.75, 3.05) is 6.61 Å². The van der Waals surface area contributed by atoms with Crippen LogP contribution in [0.5, 0.6) is 5.88 Å². The number of alkyl halides is 4. The molecule has 0 aliphatic carbocycles. The lowest BCUT2D eigenvalue weighted by atomic mass is 10.1. The smallest absolute Gasteiger partial charge is 0.425 e. The molecule has 0 radical (unpaired) electrons. The Labute approximate surface area is 110 Å². The van der Waals surface area contributed by atoms with Gasteiger partial charge in [0.05, 0.1) is 5.56 Å². The molecule has 0 bridgehead atoms. The predicted molar refractivity (Wildman–Crippen MR) is 57.3 cm³/mol. The second-order valence-electron chi connectivity index (χ2n) is 3.80.